The van der Waals surface area contributed by atoms with E-state index in [0.29, 0.717) is 21.8 Å². The summed E-state index contributed by atoms with van der Waals surface area (Å²) in [4.78, 5) is 4.10. The van der Waals surface area contributed by atoms with E-state index < -0.39 is 0 Å². The van der Waals surface area contributed by atoms with Gasteiger partial charge in [0.25, 0.3) is 0 Å². The second-order valence-electron chi connectivity index (χ2n) is 6.36. The van der Waals surface area contributed by atoms with E-state index in [0.717, 1.165) is 11.3 Å². The Kier molecular flexibility index (Phi) is 6.21. The quantitative estimate of drug-likeness (QED) is 0.346. The standard InChI is InChI=1S/C19H20Cl3N3/c1-12(24-25-19-17(21)11-16(20)18(22)23-19)13-7-9-15(10-8-13)14-5-3-2-4-6-14/h7-11,14H,2-6H2,1H3,(H,23,25)/b24-12-. The lowest BCUT2D eigenvalue weighted by Gasteiger charge is -2.22. The lowest BCUT2D eigenvalue weighted by molar-refractivity contribution is 0.443. The number of nitrogens with zero attached hydrogens (tertiary/aromatic N) is 2. The van der Waals surface area contributed by atoms with Gasteiger partial charge in [0.2, 0.25) is 0 Å². The van der Waals surface area contributed by atoms with Crippen LogP contribution in [0, 0.1) is 0 Å². The highest BCUT2D eigenvalue weighted by molar-refractivity contribution is 6.42. The molecule has 132 valence electrons. The van der Waals surface area contributed by atoms with Crippen LogP contribution in [0.1, 0.15) is 56.1 Å². The minimum atomic E-state index is 0.193. The van der Waals surface area contributed by atoms with Crippen molar-refractivity contribution >= 4 is 46.3 Å². The summed E-state index contributed by atoms with van der Waals surface area (Å²) in [6, 6.07) is 10.2. The molecule has 1 fully saturated rings. The number of pyridine rings is 1. The van der Waals surface area contributed by atoms with Gasteiger partial charge in [0.05, 0.1) is 15.8 Å². The van der Waals surface area contributed by atoms with Crippen molar-refractivity contribution in [1.29, 1.82) is 0 Å². The molecule has 0 spiro atoms. The lowest BCUT2D eigenvalue weighted by atomic mass is 9.84. The zero-order valence-corrected chi connectivity index (χ0v) is 16.3. The monoisotopic (exact) mass is 395 g/mol. The number of benzene rings is 1. The van der Waals surface area contributed by atoms with Crippen molar-refractivity contribution in [2.45, 2.75) is 44.9 Å². The minimum Gasteiger partial charge on any atom is -0.260 e. The molecule has 1 aromatic heterocycles. The van der Waals surface area contributed by atoms with E-state index in [2.05, 4.69) is 39.8 Å². The highest BCUT2D eigenvalue weighted by Gasteiger charge is 2.15. The Morgan fingerprint density at radius 1 is 1.04 bits per heavy atom. The topological polar surface area (TPSA) is 37.3 Å². The molecule has 0 aliphatic heterocycles. The Bertz CT molecular complexity index is 766. The van der Waals surface area contributed by atoms with Gasteiger partial charge in [0.15, 0.2) is 5.82 Å². The predicted molar refractivity (Wildman–Crippen MR) is 107 cm³/mol. The minimum absolute atomic E-state index is 0.193. The molecule has 0 atom stereocenters. The zero-order chi connectivity index (χ0) is 17.8. The van der Waals surface area contributed by atoms with Crippen molar-refractivity contribution < 1.29 is 0 Å². The smallest absolute Gasteiger partial charge is 0.166 e. The molecule has 0 saturated heterocycles. The Balaban J connectivity index is 1.71. The molecular weight excluding hydrogens is 377 g/mol. The molecule has 1 aromatic carbocycles. The van der Waals surface area contributed by atoms with Crippen molar-refractivity contribution in [2.75, 3.05) is 5.43 Å². The van der Waals surface area contributed by atoms with Crippen LogP contribution in [0.2, 0.25) is 15.2 Å². The second kappa shape index (κ2) is 8.39. The van der Waals surface area contributed by atoms with Crippen LogP contribution >= 0.6 is 34.8 Å². The van der Waals surface area contributed by atoms with Crippen LogP contribution in [0.25, 0.3) is 0 Å². The third-order valence-electron chi connectivity index (χ3n) is 4.62. The van der Waals surface area contributed by atoms with E-state index in [-0.39, 0.29) is 5.15 Å². The van der Waals surface area contributed by atoms with E-state index in [9.17, 15) is 0 Å². The highest BCUT2D eigenvalue weighted by atomic mass is 35.5. The molecular formula is C19H20Cl3N3. The van der Waals surface area contributed by atoms with E-state index in [1.165, 1.54) is 37.7 Å². The maximum atomic E-state index is 6.10. The number of aromatic nitrogens is 1. The fourth-order valence-electron chi connectivity index (χ4n) is 3.16. The summed E-state index contributed by atoms with van der Waals surface area (Å²) < 4.78 is 0. The van der Waals surface area contributed by atoms with Crippen LogP contribution in [0.5, 0.6) is 0 Å². The number of hydrazone groups is 1. The van der Waals surface area contributed by atoms with E-state index >= 15 is 0 Å². The average molecular weight is 397 g/mol. The fraction of sp³-hybridized carbons (Fsp3) is 0.368. The van der Waals surface area contributed by atoms with E-state index in [1.807, 2.05) is 6.92 Å². The van der Waals surface area contributed by atoms with Crippen LogP contribution in [-0.2, 0) is 0 Å². The molecule has 1 saturated carbocycles. The number of halogens is 3. The predicted octanol–water partition coefficient (Wildman–Crippen LogP) is 6.93. The number of hydrogen-bond donors (Lipinski definition) is 1. The summed E-state index contributed by atoms with van der Waals surface area (Å²) in [7, 11) is 0. The summed E-state index contributed by atoms with van der Waals surface area (Å²) in [5.74, 6) is 1.09. The maximum Gasteiger partial charge on any atom is 0.166 e. The Hall–Kier alpha value is -1.29. The molecule has 1 heterocycles. The second-order valence-corrected chi connectivity index (χ2v) is 7.53. The van der Waals surface area contributed by atoms with Gasteiger partial charge in [0, 0.05) is 0 Å². The first-order valence-corrected chi connectivity index (χ1v) is 9.60. The number of nitrogens with one attached hydrogen (secondary N) is 1. The third-order valence-corrected chi connectivity index (χ3v) is 5.58. The molecule has 0 amide bonds. The van der Waals surface area contributed by atoms with Crippen molar-refractivity contribution in [2.24, 2.45) is 5.10 Å². The van der Waals surface area contributed by atoms with Gasteiger partial charge < -0.3 is 0 Å². The largest absolute Gasteiger partial charge is 0.260 e. The summed E-state index contributed by atoms with van der Waals surface area (Å²) in [5, 5.41) is 5.24. The van der Waals surface area contributed by atoms with E-state index in [1.54, 1.807) is 6.07 Å². The van der Waals surface area contributed by atoms with Gasteiger partial charge in [-0.05, 0) is 42.9 Å². The Labute approximate surface area is 163 Å². The van der Waals surface area contributed by atoms with E-state index in [4.69, 9.17) is 34.8 Å². The molecule has 6 heteroatoms. The SMILES string of the molecule is C/C(=N/Nc1nc(Cl)c(Cl)cc1Cl)c1ccc(C2CCCCC2)cc1. The van der Waals surface area contributed by atoms with Crippen molar-refractivity contribution in [3.8, 4) is 0 Å². The summed E-state index contributed by atoms with van der Waals surface area (Å²) in [6.07, 6.45) is 6.66. The van der Waals surface area contributed by atoms with Gasteiger partial charge in [-0.15, -0.1) is 0 Å². The first-order valence-electron chi connectivity index (χ1n) is 8.47. The van der Waals surface area contributed by atoms with Gasteiger partial charge in [-0.2, -0.15) is 5.10 Å². The summed E-state index contributed by atoms with van der Waals surface area (Å²) >= 11 is 17.9. The van der Waals surface area contributed by atoms with Gasteiger partial charge in [0.1, 0.15) is 5.15 Å². The summed E-state index contributed by atoms with van der Waals surface area (Å²) in [6.45, 7) is 1.94. The fourth-order valence-corrected chi connectivity index (χ4v) is 3.70. The number of hydrogen-bond acceptors (Lipinski definition) is 3. The van der Waals surface area contributed by atoms with Gasteiger partial charge in [-0.25, -0.2) is 4.98 Å². The normalized spacial score (nSPS) is 16.1. The lowest BCUT2D eigenvalue weighted by Crippen LogP contribution is -2.05. The van der Waals surface area contributed by atoms with Gasteiger partial charge in [-0.3, -0.25) is 5.43 Å². The molecule has 0 radical (unpaired) electrons. The van der Waals surface area contributed by atoms with Crippen molar-refractivity contribution in [1.82, 2.24) is 4.98 Å². The highest BCUT2D eigenvalue weighted by Crippen LogP contribution is 2.32. The number of rotatable bonds is 4. The van der Waals surface area contributed by atoms with Crippen molar-refractivity contribution in [3.63, 3.8) is 0 Å². The maximum absolute atomic E-state index is 6.10. The molecule has 3 nitrogen and oxygen atoms in total. The molecule has 25 heavy (non-hydrogen) atoms. The molecule has 3 rings (SSSR count). The Morgan fingerprint density at radius 3 is 2.40 bits per heavy atom. The van der Waals surface area contributed by atoms with Crippen LogP contribution in [0.4, 0.5) is 5.82 Å². The number of anilines is 1. The third kappa shape index (κ3) is 4.66. The first kappa shape index (κ1) is 18.5. The average Bonchev–Trinajstić information content (AvgIpc) is 2.64. The zero-order valence-electron chi connectivity index (χ0n) is 14.0. The molecule has 1 aliphatic carbocycles. The van der Waals surface area contributed by atoms with Gasteiger partial charge in [-0.1, -0.05) is 78.3 Å². The molecule has 1 N–H and O–H groups in total. The van der Waals surface area contributed by atoms with Crippen LogP contribution in [-0.4, -0.2) is 10.7 Å². The summed E-state index contributed by atoms with van der Waals surface area (Å²) in [5.41, 5.74) is 6.19. The molecule has 2 aromatic rings. The van der Waals surface area contributed by atoms with Gasteiger partial charge >= 0.3 is 0 Å². The molecule has 0 bridgehead atoms. The van der Waals surface area contributed by atoms with Crippen LogP contribution < -0.4 is 5.43 Å². The molecule has 0 unspecified atom stereocenters. The first-order chi connectivity index (χ1) is 12.0. The van der Waals surface area contributed by atoms with Crippen LogP contribution in [0.3, 0.4) is 0 Å². The van der Waals surface area contributed by atoms with Crippen molar-refractivity contribution in [3.05, 3.63) is 56.7 Å². The molecule has 1 aliphatic rings. The Morgan fingerprint density at radius 2 is 1.72 bits per heavy atom. The van der Waals surface area contributed by atoms with Crippen LogP contribution in [0.15, 0.2) is 35.4 Å².